The van der Waals surface area contributed by atoms with Crippen LogP contribution in [0.3, 0.4) is 0 Å². The van der Waals surface area contributed by atoms with Crippen LogP contribution in [0.2, 0.25) is 0 Å². The minimum absolute atomic E-state index is 0.0401. The highest BCUT2D eigenvalue weighted by Crippen LogP contribution is 2.30. The molecule has 8 nitrogen and oxygen atoms in total. The number of carbonyl (C=O) groups excluding carboxylic acids is 2. The molecule has 1 N–H and O–H groups in total. The molecule has 190 valence electrons. The van der Waals surface area contributed by atoms with Gasteiger partial charge in [-0.2, -0.15) is 5.10 Å². The van der Waals surface area contributed by atoms with Crippen molar-refractivity contribution in [1.29, 1.82) is 0 Å². The number of aromatic amines is 1. The Morgan fingerprint density at radius 2 is 1.89 bits per heavy atom. The first-order valence-corrected chi connectivity index (χ1v) is 11.8. The van der Waals surface area contributed by atoms with Gasteiger partial charge in [0, 0.05) is 62.4 Å². The predicted octanol–water partition coefficient (Wildman–Crippen LogP) is 3.59. The van der Waals surface area contributed by atoms with Crippen LogP contribution < -0.4 is 4.74 Å². The lowest BCUT2D eigenvalue weighted by atomic mass is 10.00. The van der Waals surface area contributed by atoms with Gasteiger partial charge < -0.3 is 19.4 Å². The Morgan fingerprint density at radius 3 is 2.67 bits per heavy atom. The lowest BCUT2D eigenvalue weighted by Gasteiger charge is -2.30. The summed E-state index contributed by atoms with van der Waals surface area (Å²) in [6.45, 7) is 3.47. The van der Waals surface area contributed by atoms with Crippen molar-refractivity contribution in [1.82, 2.24) is 24.9 Å². The first-order chi connectivity index (χ1) is 17.2. The zero-order valence-electron chi connectivity index (χ0n) is 19.5. The molecule has 1 fully saturated rings. The minimum Gasteiger partial charge on any atom is -0.406 e. The number of H-pyrrole nitrogens is 1. The molecule has 0 unspecified atom stereocenters. The van der Waals surface area contributed by atoms with Crippen molar-refractivity contribution in [2.45, 2.75) is 25.7 Å². The Balaban J connectivity index is 1.15. The van der Waals surface area contributed by atoms with Crippen LogP contribution in [-0.4, -0.2) is 75.9 Å². The van der Waals surface area contributed by atoms with Crippen molar-refractivity contribution in [2.75, 3.05) is 32.7 Å². The number of halogens is 3. The number of carbonyl (C=O) groups is 2. The second kappa shape index (κ2) is 9.71. The third-order valence-corrected chi connectivity index (χ3v) is 6.85. The molecule has 1 aromatic carbocycles. The lowest BCUT2D eigenvalue weighted by molar-refractivity contribution is -0.274. The van der Waals surface area contributed by atoms with Crippen molar-refractivity contribution < 1.29 is 27.5 Å². The molecular weight excluding hydrogens is 475 g/mol. The number of benzene rings is 1. The molecule has 0 saturated carbocycles. The Hall–Kier alpha value is -3.76. The number of ether oxygens (including phenoxy) is 1. The van der Waals surface area contributed by atoms with Gasteiger partial charge in [-0.1, -0.05) is 18.2 Å². The quantitative estimate of drug-likeness (QED) is 0.515. The maximum absolute atomic E-state index is 13.1. The highest BCUT2D eigenvalue weighted by Gasteiger charge is 2.35. The molecule has 0 radical (unpaired) electrons. The number of fused-ring (bicyclic) bond motifs is 2. The third kappa shape index (κ3) is 5.39. The van der Waals surface area contributed by atoms with E-state index in [-0.39, 0.29) is 23.6 Å². The molecule has 0 aliphatic carbocycles. The fourth-order valence-electron chi connectivity index (χ4n) is 4.92. The van der Waals surface area contributed by atoms with Gasteiger partial charge in [0.15, 0.2) is 0 Å². The number of nitrogens with zero attached hydrogens (tertiary/aromatic N) is 4. The predicted molar refractivity (Wildman–Crippen MR) is 125 cm³/mol. The minimum atomic E-state index is -4.74. The first kappa shape index (κ1) is 24.0. The topological polar surface area (TPSA) is 81.8 Å². The van der Waals surface area contributed by atoms with Gasteiger partial charge in [-0.25, -0.2) is 4.79 Å². The average molecular weight is 502 g/mol. The van der Waals surface area contributed by atoms with Gasteiger partial charge in [-0.3, -0.25) is 9.89 Å². The van der Waals surface area contributed by atoms with Gasteiger partial charge in [-0.05, 0) is 35.8 Å². The Morgan fingerprint density at radius 1 is 1.08 bits per heavy atom. The zero-order valence-corrected chi connectivity index (χ0v) is 19.5. The Kier molecular flexibility index (Phi) is 6.46. The summed E-state index contributed by atoms with van der Waals surface area (Å²) in [7, 11) is 0. The molecule has 1 saturated heterocycles. The molecule has 1 atom stereocenters. The molecule has 3 aliphatic heterocycles. The summed E-state index contributed by atoms with van der Waals surface area (Å²) < 4.78 is 40.7. The summed E-state index contributed by atoms with van der Waals surface area (Å²) in [6.07, 6.45) is 3.63. The summed E-state index contributed by atoms with van der Waals surface area (Å²) in [5, 5.41) is 7.05. The summed E-state index contributed by atoms with van der Waals surface area (Å²) >= 11 is 0. The summed E-state index contributed by atoms with van der Waals surface area (Å²) in [4.78, 5) is 31.3. The largest absolute Gasteiger partial charge is 0.573 e. The number of hydrogen-bond acceptors (Lipinski definition) is 4. The van der Waals surface area contributed by atoms with E-state index >= 15 is 0 Å². The van der Waals surface area contributed by atoms with E-state index in [4.69, 9.17) is 0 Å². The van der Waals surface area contributed by atoms with Crippen LogP contribution in [0.5, 0.6) is 5.75 Å². The molecule has 4 heterocycles. The van der Waals surface area contributed by atoms with Crippen molar-refractivity contribution in [3.05, 3.63) is 65.0 Å². The fraction of sp³-hybridized carbons (Fsp3) is 0.400. The second-order valence-electron chi connectivity index (χ2n) is 9.21. The van der Waals surface area contributed by atoms with E-state index in [0.717, 1.165) is 24.1 Å². The van der Waals surface area contributed by atoms with E-state index in [1.54, 1.807) is 17.2 Å². The van der Waals surface area contributed by atoms with Gasteiger partial charge in [0.25, 0.3) is 0 Å². The van der Waals surface area contributed by atoms with Gasteiger partial charge in [0.2, 0.25) is 5.91 Å². The van der Waals surface area contributed by atoms with Crippen LogP contribution in [-0.2, 0) is 17.8 Å². The molecule has 2 aromatic rings. The van der Waals surface area contributed by atoms with Crippen LogP contribution in [0.25, 0.3) is 6.08 Å². The smallest absolute Gasteiger partial charge is 0.406 e. The van der Waals surface area contributed by atoms with Gasteiger partial charge >= 0.3 is 12.4 Å². The molecule has 36 heavy (non-hydrogen) atoms. The normalized spacial score (nSPS) is 20.1. The monoisotopic (exact) mass is 501 g/mol. The average Bonchev–Trinajstić information content (AvgIpc) is 3.44. The van der Waals surface area contributed by atoms with E-state index < -0.39 is 6.36 Å². The highest BCUT2D eigenvalue weighted by molar-refractivity contribution is 5.92. The Bertz CT molecular complexity index is 1190. The van der Waals surface area contributed by atoms with Crippen molar-refractivity contribution in [2.24, 2.45) is 5.92 Å². The molecule has 3 aliphatic rings. The molecule has 0 bridgehead atoms. The van der Waals surface area contributed by atoms with E-state index in [9.17, 15) is 22.8 Å². The van der Waals surface area contributed by atoms with E-state index in [1.807, 2.05) is 15.9 Å². The summed E-state index contributed by atoms with van der Waals surface area (Å²) in [6, 6.07) is 5.38. The summed E-state index contributed by atoms with van der Waals surface area (Å²) in [5.74, 6) is -0.249. The van der Waals surface area contributed by atoms with Gasteiger partial charge in [0.05, 0.1) is 12.7 Å². The number of likely N-dealkylation sites (tertiary alicyclic amines) is 1. The van der Waals surface area contributed by atoms with Crippen LogP contribution in [0, 0.1) is 5.92 Å². The zero-order chi connectivity index (χ0) is 25.3. The van der Waals surface area contributed by atoms with E-state index in [1.165, 1.54) is 35.9 Å². The van der Waals surface area contributed by atoms with Crippen LogP contribution in [0.4, 0.5) is 18.0 Å². The standard InChI is InChI=1S/C25H26F3N5O3/c26-25(27,28)36-21-4-1-17(2-5-21)3-6-23(34)31-10-7-18-14-33(15-19(18)8-11-31)24(35)32-12-9-22-20(16-32)13-29-30-22/h1-7,13,19H,8-12,14-16H2,(H,29,30)/b6-3+/t19-/m1/s1. The number of urea groups is 1. The number of hydrogen-bond donors (Lipinski definition) is 1. The first-order valence-electron chi connectivity index (χ1n) is 11.8. The number of rotatable bonds is 3. The molecule has 11 heteroatoms. The number of amides is 3. The SMILES string of the molecule is O=C(/C=C/c1ccc(OC(F)(F)F)cc1)N1CC=C2CN(C(=O)N3CCc4[nH]ncc4C3)C[C@H]2CC1. The maximum atomic E-state index is 13.1. The van der Waals surface area contributed by atoms with Gasteiger partial charge in [-0.15, -0.1) is 13.2 Å². The number of aromatic nitrogens is 2. The molecule has 5 rings (SSSR count). The van der Waals surface area contributed by atoms with Crippen molar-refractivity contribution in [3.8, 4) is 5.75 Å². The van der Waals surface area contributed by atoms with Crippen LogP contribution in [0.15, 0.2) is 48.2 Å². The van der Waals surface area contributed by atoms with Crippen molar-refractivity contribution in [3.63, 3.8) is 0 Å². The number of alkyl halides is 3. The van der Waals surface area contributed by atoms with E-state index in [2.05, 4.69) is 14.9 Å². The van der Waals surface area contributed by atoms with Crippen LogP contribution in [0.1, 0.15) is 23.2 Å². The summed E-state index contributed by atoms with van der Waals surface area (Å²) in [5.41, 5.74) is 3.94. The molecular formula is C25H26F3N5O3. The second-order valence-corrected chi connectivity index (χ2v) is 9.21. The molecule has 1 aromatic heterocycles. The highest BCUT2D eigenvalue weighted by atomic mass is 19.4. The molecule has 0 spiro atoms. The third-order valence-electron chi connectivity index (χ3n) is 6.85. The lowest BCUT2D eigenvalue weighted by Crippen LogP contribution is -2.44. The fourth-order valence-corrected chi connectivity index (χ4v) is 4.92. The van der Waals surface area contributed by atoms with E-state index in [0.29, 0.717) is 44.8 Å². The Labute approximate surface area is 206 Å². The molecule has 3 amide bonds. The van der Waals surface area contributed by atoms with Gasteiger partial charge in [0.1, 0.15) is 5.75 Å². The van der Waals surface area contributed by atoms with Crippen LogP contribution >= 0.6 is 0 Å². The van der Waals surface area contributed by atoms with Crippen molar-refractivity contribution >= 4 is 18.0 Å². The number of nitrogens with one attached hydrogen (secondary N) is 1. The maximum Gasteiger partial charge on any atom is 0.573 e.